The topological polar surface area (TPSA) is 87.7 Å². The van der Waals surface area contributed by atoms with E-state index < -0.39 is 12.2 Å². The smallest absolute Gasteiger partial charge is 0.412 e. The molecule has 0 bridgehead atoms. The Hall–Kier alpha value is -2.32. The Kier molecular flexibility index (Phi) is 13.3. The van der Waals surface area contributed by atoms with Gasteiger partial charge in [-0.05, 0) is 28.7 Å². The number of rotatable bonds is 9. The lowest BCUT2D eigenvalue weighted by Gasteiger charge is -2.08. The van der Waals surface area contributed by atoms with Crippen LogP contribution in [0.25, 0.3) is 0 Å². The fourth-order valence-electron chi connectivity index (χ4n) is 2.34. The maximum atomic E-state index is 11.1. The summed E-state index contributed by atoms with van der Waals surface area (Å²) in [5, 5.41) is 13.3. The number of nitrogens with one attached hydrogen (secondary N) is 2. The van der Waals surface area contributed by atoms with Crippen molar-refractivity contribution in [2.24, 2.45) is 0 Å². The van der Waals surface area contributed by atoms with Gasteiger partial charge in [0.2, 0.25) is 0 Å². The number of ether oxygens (including phenoxy) is 1. The largest absolute Gasteiger partial charge is 0.465 e. The maximum Gasteiger partial charge on any atom is 0.412 e. The van der Waals surface area contributed by atoms with E-state index in [1.807, 2.05) is 54.2 Å². The van der Waals surface area contributed by atoms with Crippen molar-refractivity contribution in [1.29, 1.82) is 0 Å². The van der Waals surface area contributed by atoms with E-state index in [0.717, 1.165) is 34.1 Å². The van der Waals surface area contributed by atoms with E-state index in [1.54, 1.807) is 24.9 Å². The first-order valence-corrected chi connectivity index (χ1v) is 12.0. The zero-order chi connectivity index (χ0) is 22.2. The lowest BCUT2D eigenvalue weighted by atomic mass is 10.1. The van der Waals surface area contributed by atoms with Gasteiger partial charge < -0.3 is 20.5 Å². The number of carboxylic acid groups (broad SMARTS) is 1. The Balaban J connectivity index is 0.000000300. The van der Waals surface area contributed by atoms with Gasteiger partial charge in [0.1, 0.15) is 5.75 Å². The molecular formula is C22H30N2O4S2. The molecule has 0 saturated carbocycles. The number of carbonyl (C=O) groups is 2. The molecule has 2 aromatic carbocycles. The summed E-state index contributed by atoms with van der Waals surface area (Å²) in [6, 6.07) is 15.5. The van der Waals surface area contributed by atoms with Gasteiger partial charge in [0.15, 0.2) is 0 Å². The molecule has 30 heavy (non-hydrogen) atoms. The second kappa shape index (κ2) is 15.5. The monoisotopic (exact) mass is 450 g/mol. The molecule has 6 nitrogen and oxygen atoms in total. The minimum atomic E-state index is -0.979. The van der Waals surface area contributed by atoms with Crippen molar-refractivity contribution in [3.8, 4) is 5.75 Å². The molecule has 0 fully saturated rings. The van der Waals surface area contributed by atoms with Crippen LogP contribution in [0.2, 0.25) is 0 Å². The third-order valence-electron chi connectivity index (χ3n) is 3.85. The Morgan fingerprint density at radius 3 is 2.00 bits per heavy atom. The Labute approximate surface area is 187 Å². The number of para-hydroxylation sites is 1. The summed E-state index contributed by atoms with van der Waals surface area (Å²) in [5.41, 5.74) is 3.31. The summed E-state index contributed by atoms with van der Waals surface area (Å²) in [4.78, 5) is 21.4. The standard InChI is InChI=1S/2C11H15NO2S/c1-3-15-8-9-6-4-5-7-10(9)14-11(13)12-2;1-2-15-8-10-6-4-3-5-9(10)7-12-11(13)14/h4-7H,3,8H2,1-2H3,(H,12,13);3-6,12H,2,7-8H2,1H3,(H,13,14). The molecule has 0 heterocycles. The molecule has 2 amide bonds. The highest BCUT2D eigenvalue weighted by Crippen LogP contribution is 2.23. The Morgan fingerprint density at radius 2 is 1.43 bits per heavy atom. The van der Waals surface area contributed by atoms with Crippen LogP contribution in [0.4, 0.5) is 9.59 Å². The molecular weight excluding hydrogens is 420 g/mol. The lowest BCUT2D eigenvalue weighted by Crippen LogP contribution is -2.22. The first-order valence-electron chi connectivity index (χ1n) is 9.68. The zero-order valence-corrected chi connectivity index (χ0v) is 19.3. The number of carbonyl (C=O) groups excluding carboxylic acids is 1. The minimum absolute atomic E-state index is 0.385. The third kappa shape index (κ3) is 10.5. The summed E-state index contributed by atoms with van der Waals surface area (Å²) in [6.07, 6.45) is -1.41. The van der Waals surface area contributed by atoms with Crippen LogP contribution in [0.15, 0.2) is 48.5 Å². The van der Waals surface area contributed by atoms with Gasteiger partial charge >= 0.3 is 12.2 Å². The van der Waals surface area contributed by atoms with Crippen LogP contribution >= 0.6 is 23.5 Å². The average Bonchev–Trinajstić information content (AvgIpc) is 2.76. The van der Waals surface area contributed by atoms with E-state index in [4.69, 9.17) is 9.84 Å². The van der Waals surface area contributed by atoms with Gasteiger partial charge in [-0.15, -0.1) is 0 Å². The molecule has 3 N–H and O–H groups in total. The van der Waals surface area contributed by atoms with Crippen LogP contribution in [0.1, 0.15) is 30.5 Å². The number of hydrogen-bond donors (Lipinski definition) is 3. The van der Waals surface area contributed by atoms with Crippen LogP contribution in [-0.2, 0) is 18.1 Å². The predicted octanol–water partition coefficient (Wildman–Crippen LogP) is 5.37. The number of thioether (sulfide) groups is 2. The molecule has 0 aliphatic carbocycles. The summed E-state index contributed by atoms with van der Waals surface area (Å²) in [7, 11) is 1.55. The highest BCUT2D eigenvalue weighted by atomic mass is 32.2. The first kappa shape index (κ1) is 25.7. The van der Waals surface area contributed by atoms with E-state index in [2.05, 4.69) is 24.5 Å². The fraction of sp³-hybridized carbons (Fsp3) is 0.364. The van der Waals surface area contributed by atoms with Crippen LogP contribution in [0, 0.1) is 0 Å². The molecule has 0 aliphatic heterocycles. The van der Waals surface area contributed by atoms with Gasteiger partial charge in [-0.2, -0.15) is 23.5 Å². The van der Waals surface area contributed by atoms with Crippen molar-refractivity contribution in [2.45, 2.75) is 31.9 Å². The molecule has 2 aromatic rings. The Morgan fingerprint density at radius 1 is 0.900 bits per heavy atom. The van der Waals surface area contributed by atoms with Crippen molar-refractivity contribution < 1.29 is 19.4 Å². The molecule has 0 unspecified atom stereocenters. The van der Waals surface area contributed by atoms with Gasteiger partial charge in [0, 0.05) is 30.7 Å². The maximum absolute atomic E-state index is 11.1. The van der Waals surface area contributed by atoms with Gasteiger partial charge in [-0.1, -0.05) is 56.3 Å². The normalized spacial score (nSPS) is 9.83. The predicted molar refractivity (Wildman–Crippen MR) is 127 cm³/mol. The second-order valence-electron chi connectivity index (χ2n) is 5.95. The second-order valence-corrected chi connectivity index (χ2v) is 8.50. The fourth-order valence-corrected chi connectivity index (χ4v) is 3.71. The zero-order valence-electron chi connectivity index (χ0n) is 17.6. The quantitative estimate of drug-likeness (QED) is 0.476. The first-order chi connectivity index (χ1) is 14.5. The van der Waals surface area contributed by atoms with Crippen molar-refractivity contribution in [3.63, 3.8) is 0 Å². The van der Waals surface area contributed by atoms with Gasteiger partial charge in [0.25, 0.3) is 0 Å². The molecule has 164 valence electrons. The summed E-state index contributed by atoms with van der Waals surface area (Å²) in [6.45, 7) is 4.60. The average molecular weight is 451 g/mol. The van der Waals surface area contributed by atoms with Gasteiger partial charge in [0.05, 0.1) is 0 Å². The summed E-state index contributed by atoms with van der Waals surface area (Å²) < 4.78 is 5.13. The lowest BCUT2D eigenvalue weighted by molar-refractivity contribution is 0.194. The SMILES string of the molecule is CCSCc1ccccc1CNC(=O)O.CCSCc1ccccc1OC(=O)NC. The van der Waals surface area contributed by atoms with E-state index in [0.29, 0.717) is 12.3 Å². The molecule has 0 aliphatic rings. The number of benzene rings is 2. The minimum Gasteiger partial charge on any atom is -0.465 e. The van der Waals surface area contributed by atoms with Crippen LogP contribution < -0.4 is 15.4 Å². The van der Waals surface area contributed by atoms with Gasteiger partial charge in [-0.3, -0.25) is 0 Å². The summed E-state index contributed by atoms with van der Waals surface area (Å²) >= 11 is 3.63. The molecule has 2 rings (SSSR count). The van der Waals surface area contributed by atoms with E-state index in [9.17, 15) is 9.59 Å². The molecule has 8 heteroatoms. The van der Waals surface area contributed by atoms with Crippen molar-refractivity contribution in [3.05, 3.63) is 65.2 Å². The van der Waals surface area contributed by atoms with Gasteiger partial charge in [-0.25, -0.2) is 9.59 Å². The van der Waals surface area contributed by atoms with E-state index >= 15 is 0 Å². The molecule has 0 aromatic heterocycles. The molecule has 0 saturated heterocycles. The van der Waals surface area contributed by atoms with Crippen molar-refractivity contribution >= 4 is 35.7 Å². The third-order valence-corrected chi connectivity index (χ3v) is 5.70. The van der Waals surface area contributed by atoms with E-state index in [-0.39, 0.29) is 0 Å². The molecule has 0 radical (unpaired) electrons. The Bertz CT molecular complexity index is 787. The number of amides is 2. The van der Waals surface area contributed by atoms with Crippen molar-refractivity contribution in [1.82, 2.24) is 10.6 Å². The highest BCUT2D eigenvalue weighted by Gasteiger charge is 2.06. The molecule has 0 atom stereocenters. The number of hydrogen-bond acceptors (Lipinski definition) is 5. The highest BCUT2D eigenvalue weighted by molar-refractivity contribution is 7.98. The summed E-state index contributed by atoms with van der Waals surface area (Å²) in [5.74, 6) is 4.56. The molecule has 0 spiro atoms. The van der Waals surface area contributed by atoms with Crippen LogP contribution in [0.5, 0.6) is 5.75 Å². The van der Waals surface area contributed by atoms with Crippen molar-refractivity contribution in [2.75, 3.05) is 18.6 Å². The van der Waals surface area contributed by atoms with Crippen LogP contribution in [-0.4, -0.2) is 35.8 Å². The van der Waals surface area contributed by atoms with Crippen LogP contribution in [0.3, 0.4) is 0 Å². The van der Waals surface area contributed by atoms with E-state index in [1.165, 1.54) is 5.56 Å².